The third-order valence-corrected chi connectivity index (χ3v) is 2.71. The summed E-state index contributed by atoms with van der Waals surface area (Å²) in [6.07, 6.45) is 0. The minimum atomic E-state index is -0.177. The van der Waals surface area contributed by atoms with Crippen LogP contribution in [0, 0.1) is 24.2 Å². The number of benzene rings is 1. The highest BCUT2D eigenvalue weighted by Crippen LogP contribution is 2.21. The molecule has 0 saturated heterocycles. The number of anilines is 1. The summed E-state index contributed by atoms with van der Waals surface area (Å²) in [6.45, 7) is 5.98. The van der Waals surface area contributed by atoms with Crippen molar-refractivity contribution in [2.24, 2.45) is 5.92 Å². The third-order valence-electron chi connectivity index (χ3n) is 2.30. The molecule has 0 amide bonds. The molecule has 2 nitrogen and oxygen atoms in total. The third kappa shape index (κ3) is 3.14. The van der Waals surface area contributed by atoms with E-state index in [4.69, 9.17) is 16.9 Å². The molecule has 0 heterocycles. The predicted octanol–water partition coefficient (Wildman–Crippen LogP) is 3.61. The molecule has 1 aromatic rings. The van der Waals surface area contributed by atoms with Gasteiger partial charge in [-0.3, -0.25) is 0 Å². The molecule has 0 spiro atoms. The lowest BCUT2D eigenvalue weighted by molar-refractivity contribution is 0.609. The molecular weight excluding hydrogens is 208 g/mol. The molecule has 0 fully saturated rings. The summed E-state index contributed by atoms with van der Waals surface area (Å²) in [7, 11) is 0. The summed E-state index contributed by atoms with van der Waals surface area (Å²) in [5, 5.41) is 12.8. The monoisotopic (exact) mass is 222 g/mol. The van der Waals surface area contributed by atoms with Crippen molar-refractivity contribution in [2.45, 2.75) is 26.8 Å². The molecule has 1 N–H and O–H groups in total. The number of aryl methyl sites for hydroxylation is 1. The first-order valence-electron chi connectivity index (χ1n) is 4.97. The molecule has 1 rings (SSSR count). The number of halogens is 1. The number of rotatable bonds is 3. The summed E-state index contributed by atoms with van der Waals surface area (Å²) in [6, 6.07) is 7.79. The van der Waals surface area contributed by atoms with Crippen LogP contribution in [0.4, 0.5) is 5.69 Å². The van der Waals surface area contributed by atoms with Gasteiger partial charge in [-0.2, -0.15) is 5.26 Å². The van der Waals surface area contributed by atoms with Crippen LogP contribution in [0.1, 0.15) is 19.4 Å². The molecule has 1 aromatic carbocycles. The maximum atomic E-state index is 8.94. The van der Waals surface area contributed by atoms with Gasteiger partial charge in [-0.05, 0) is 30.5 Å². The lowest BCUT2D eigenvalue weighted by Crippen LogP contribution is -2.23. The molecule has 0 bridgehead atoms. The zero-order valence-corrected chi connectivity index (χ0v) is 9.97. The highest BCUT2D eigenvalue weighted by Gasteiger charge is 2.11. The molecule has 0 aliphatic heterocycles. The van der Waals surface area contributed by atoms with Crippen molar-refractivity contribution in [3.8, 4) is 6.07 Å². The zero-order valence-electron chi connectivity index (χ0n) is 9.21. The van der Waals surface area contributed by atoms with Crippen LogP contribution in [0.15, 0.2) is 18.2 Å². The van der Waals surface area contributed by atoms with E-state index in [-0.39, 0.29) is 12.0 Å². The lowest BCUT2D eigenvalue weighted by atomic mass is 10.1. The summed E-state index contributed by atoms with van der Waals surface area (Å²) in [4.78, 5) is 0. The Hall–Kier alpha value is -1.20. The van der Waals surface area contributed by atoms with Crippen molar-refractivity contribution in [1.29, 1.82) is 5.26 Å². The van der Waals surface area contributed by atoms with Crippen LogP contribution >= 0.6 is 11.6 Å². The van der Waals surface area contributed by atoms with Crippen LogP contribution < -0.4 is 5.32 Å². The number of nitriles is 1. The molecule has 15 heavy (non-hydrogen) atoms. The van der Waals surface area contributed by atoms with E-state index >= 15 is 0 Å². The van der Waals surface area contributed by atoms with Crippen LogP contribution in [-0.4, -0.2) is 6.04 Å². The van der Waals surface area contributed by atoms with E-state index in [1.54, 1.807) is 0 Å². The van der Waals surface area contributed by atoms with Gasteiger partial charge in [0.05, 0.1) is 6.07 Å². The lowest BCUT2D eigenvalue weighted by Gasteiger charge is -2.16. The van der Waals surface area contributed by atoms with Crippen molar-refractivity contribution in [1.82, 2.24) is 0 Å². The molecule has 0 aliphatic carbocycles. The first-order chi connectivity index (χ1) is 7.04. The van der Waals surface area contributed by atoms with Crippen molar-refractivity contribution in [3.05, 3.63) is 28.8 Å². The summed E-state index contributed by atoms with van der Waals surface area (Å²) < 4.78 is 0. The summed E-state index contributed by atoms with van der Waals surface area (Å²) in [5.74, 6) is 0.273. The van der Waals surface area contributed by atoms with Crippen molar-refractivity contribution in [2.75, 3.05) is 5.32 Å². The maximum Gasteiger partial charge on any atom is 0.116 e. The molecule has 1 unspecified atom stereocenters. The number of hydrogen-bond donors (Lipinski definition) is 1. The van der Waals surface area contributed by atoms with Crippen molar-refractivity contribution in [3.63, 3.8) is 0 Å². The Balaban J connectivity index is 2.81. The van der Waals surface area contributed by atoms with Gasteiger partial charge < -0.3 is 5.32 Å². The Morgan fingerprint density at radius 3 is 2.53 bits per heavy atom. The molecule has 0 saturated carbocycles. The van der Waals surface area contributed by atoms with E-state index in [0.717, 1.165) is 16.3 Å². The van der Waals surface area contributed by atoms with Gasteiger partial charge in [0.15, 0.2) is 0 Å². The molecular formula is C12H15ClN2. The second-order valence-electron chi connectivity index (χ2n) is 3.96. The quantitative estimate of drug-likeness (QED) is 0.848. The SMILES string of the molecule is Cc1ccc(NC(C#N)C(C)C)cc1Cl. The normalized spacial score (nSPS) is 12.3. The van der Waals surface area contributed by atoms with Gasteiger partial charge in [-0.25, -0.2) is 0 Å². The number of nitrogens with one attached hydrogen (secondary N) is 1. The maximum absolute atomic E-state index is 8.94. The Morgan fingerprint density at radius 1 is 1.40 bits per heavy atom. The van der Waals surface area contributed by atoms with Crippen LogP contribution in [-0.2, 0) is 0 Å². The minimum Gasteiger partial charge on any atom is -0.370 e. The van der Waals surface area contributed by atoms with Crippen LogP contribution in [0.5, 0.6) is 0 Å². The van der Waals surface area contributed by atoms with Crippen LogP contribution in [0.3, 0.4) is 0 Å². The Kier molecular flexibility index (Phi) is 3.99. The largest absolute Gasteiger partial charge is 0.370 e. The average Bonchev–Trinajstić information content (AvgIpc) is 2.19. The van der Waals surface area contributed by atoms with Gasteiger partial charge in [-0.15, -0.1) is 0 Å². The fourth-order valence-corrected chi connectivity index (χ4v) is 1.39. The summed E-state index contributed by atoms with van der Waals surface area (Å²) in [5.41, 5.74) is 1.94. The van der Waals surface area contributed by atoms with Gasteiger partial charge in [-0.1, -0.05) is 31.5 Å². The van der Waals surface area contributed by atoms with Crippen molar-refractivity contribution < 1.29 is 0 Å². The van der Waals surface area contributed by atoms with E-state index in [9.17, 15) is 0 Å². The van der Waals surface area contributed by atoms with E-state index < -0.39 is 0 Å². The smallest absolute Gasteiger partial charge is 0.116 e. The van der Waals surface area contributed by atoms with Crippen LogP contribution in [0.2, 0.25) is 5.02 Å². The predicted molar refractivity (Wildman–Crippen MR) is 64.1 cm³/mol. The van der Waals surface area contributed by atoms with E-state index in [1.165, 1.54) is 0 Å². The number of hydrogen-bond acceptors (Lipinski definition) is 2. The molecule has 3 heteroatoms. The molecule has 1 atom stereocenters. The fraction of sp³-hybridized carbons (Fsp3) is 0.417. The first-order valence-corrected chi connectivity index (χ1v) is 5.34. The second-order valence-corrected chi connectivity index (χ2v) is 4.37. The van der Waals surface area contributed by atoms with Crippen molar-refractivity contribution >= 4 is 17.3 Å². The van der Waals surface area contributed by atoms with E-state index in [1.807, 2.05) is 39.0 Å². The van der Waals surface area contributed by atoms with Gasteiger partial charge in [0.2, 0.25) is 0 Å². The molecule has 80 valence electrons. The fourth-order valence-electron chi connectivity index (χ4n) is 1.21. The van der Waals surface area contributed by atoms with E-state index in [0.29, 0.717) is 0 Å². The highest BCUT2D eigenvalue weighted by molar-refractivity contribution is 6.31. The first kappa shape index (κ1) is 11.9. The minimum absolute atomic E-state index is 0.177. The molecule has 0 radical (unpaired) electrons. The zero-order chi connectivity index (χ0) is 11.4. The summed E-state index contributed by atoms with van der Waals surface area (Å²) >= 11 is 6.00. The van der Waals surface area contributed by atoms with Crippen LogP contribution in [0.25, 0.3) is 0 Å². The highest BCUT2D eigenvalue weighted by atomic mass is 35.5. The number of nitrogens with zero attached hydrogens (tertiary/aromatic N) is 1. The Labute approximate surface area is 95.9 Å². The molecule has 0 aliphatic rings. The molecule has 0 aromatic heterocycles. The van der Waals surface area contributed by atoms with Gasteiger partial charge in [0, 0.05) is 10.7 Å². The van der Waals surface area contributed by atoms with E-state index in [2.05, 4.69) is 11.4 Å². The van der Waals surface area contributed by atoms with Gasteiger partial charge in [0.25, 0.3) is 0 Å². The topological polar surface area (TPSA) is 35.8 Å². The van der Waals surface area contributed by atoms with Gasteiger partial charge >= 0.3 is 0 Å². The van der Waals surface area contributed by atoms with Gasteiger partial charge in [0.1, 0.15) is 6.04 Å². The Morgan fingerprint density at radius 2 is 2.07 bits per heavy atom. The second kappa shape index (κ2) is 5.04. The Bertz CT molecular complexity index is 380. The standard InChI is InChI=1S/C12H15ClN2/c1-8(2)12(7-14)15-10-5-4-9(3)11(13)6-10/h4-6,8,12,15H,1-3H3. The average molecular weight is 223 g/mol.